The van der Waals surface area contributed by atoms with Crippen LogP contribution in [-0.2, 0) is 6.42 Å². The second-order valence-electron chi connectivity index (χ2n) is 6.46. The molecule has 1 amide bonds. The Hall–Kier alpha value is -3.72. The van der Waals surface area contributed by atoms with Crippen LogP contribution in [0.2, 0.25) is 0 Å². The standard InChI is InChI=1S/C21H17N5O/c1-14-10-16-4-2-3-5-19(16)26(14)20-11-18(23-13-24-20)21(27)25-17-8-6-15(12-22)7-9-17/h2-9,11,13-14H,10H2,1H3,(H,25,27). The van der Waals surface area contributed by atoms with Crippen LogP contribution in [0.5, 0.6) is 0 Å². The number of hydrogen-bond donors (Lipinski definition) is 1. The molecule has 0 aliphatic carbocycles. The van der Waals surface area contributed by atoms with Gasteiger partial charge in [0.05, 0.1) is 11.6 Å². The maximum Gasteiger partial charge on any atom is 0.274 e. The minimum absolute atomic E-state index is 0.256. The van der Waals surface area contributed by atoms with E-state index in [4.69, 9.17) is 5.26 Å². The van der Waals surface area contributed by atoms with E-state index < -0.39 is 0 Å². The summed E-state index contributed by atoms with van der Waals surface area (Å²) in [5.41, 5.74) is 3.83. The Morgan fingerprint density at radius 2 is 1.96 bits per heavy atom. The van der Waals surface area contributed by atoms with Crippen LogP contribution in [0, 0.1) is 11.3 Å². The molecule has 27 heavy (non-hydrogen) atoms. The summed E-state index contributed by atoms with van der Waals surface area (Å²) in [5.74, 6) is 0.385. The van der Waals surface area contributed by atoms with Crippen LogP contribution >= 0.6 is 0 Å². The van der Waals surface area contributed by atoms with E-state index in [1.54, 1.807) is 30.3 Å². The van der Waals surface area contributed by atoms with Gasteiger partial charge in [-0.25, -0.2) is 9.97 Å². The van der Waals surface area contributed by atoms with Crippen LogP contribution < -0.4 is 10.2 Å². The Kier molecular flexibility index (Phi) is 4.27. The average Bonchev–Trinajstić information content (AvgIpc) is 3.04. The number of nitrogens with zero attached hydrogens (tertiary/aromatic N) is 4. The van der Waals surface area contributed by atoms with Gasteiger partial charge in [0.2, 0.25) is 0 Å². The number of amides is 1. The van der Waals surface area contributed by atoms with Gasteiger partial charge in [0.25, 0.3) is 5.91 Å². The summed E-state index contributed by atoms with van der Waals surface area (Å²) in [4.78, 5) is 23.2. The molecule has 1 unspecified atom stereocenters. The van der Waals surface area contributed by atoms with Crippen molar-refractivity contribution in [2.45, 2.75) is 19.4 Å². The van der Waals surface area contributed by atoms with Crippen molar-refractivity contribution in [3.05, 3.63) is 77.7 Å². The predicted molar refractivity (Wildman–Crippen MR) is 103 cm³/mol. The summed E-state index contributed by atoms with van der Waals surface area (Å²) in [6.07, 6.45) is 2.35. The van der Waals surface area contributed by atoms with Crippen LogP contribution in [-0.4, -0.2) is 21.9 Å². The highest BCUT2D eigenvalue weighted by Crippen LogP contribution is 2.37. The zero-order chi connectivity index (χ0) is 18.8. The lowest BCUT2D eigenvalue weighted by Crippen LogP contribution is -2.25. The van der Waals surface area contributed by atoms with Gasteiger partial charge in [0.15, 0.2) is 0 Å². The van der Waals surface area contributed by atoms with Crippen LogP contribution in [0.1, 0.15) is 28.5 Å². The Balaban J connectivity index is 1.59. The Morgan fingerprint density at radius 3 is 2.74 bits per heavy atom. The van der Waals surface area contributed by atoms with Gasteiger partial charge >= 0.3 is 0 Å². The SMILES string of the molecule is CC1Cc2ccccc2N1c1cc(C(=O)Nc2ccc(C#N)cc2)ncn1. The second kappa shape index (κ2) is 6.89. The van der Waals surface area contributed by atoms with Gasteiger partial charge in [0, 0.05) is 23.5 Å². The molecule has 1 atom stereocenters. The topological polar surface area (TPSA) is 81.9 Å². The molecule has 1 aromatic heterocycles. The first-order chi connectivity index (χ1) is 13.2. The second-order valence-corrected chi connectivity index (χ2v) is 6.46. The van der Waals surface area contributed by atoms with Gasteiger partial charge < -0.3 is 10.2 Å². The first-order valence-corrected chi connectivity index (χ1v) is 8.66. The van der Waals surface area contributed by atoms with E-state index in [0.29, 0.717) is 22.8 Å². The van der Waals surface area contributed by atoms with Gasteiger partial charge in [-0.3, -0.25) is 4.79 Å². The number of nitriles is 1. The number of carbonyl (C=O) groups excluding carboxylic acids is 1. The molecular formula is C21H17N5O. The molecule has 0 spiro atoms. The lowest BCUT2D eigenvalue weighted by atomic mass is 10.1. The van der Waals surface area contributed by atoms with Crippen molar-refractivity contribution in [3.8, 4) is 6.07 Å². The average molecular weight is 355 g/mol. The minimum Gasteiger partial charge on any atom is -0.323 e. The van der Waals surface area contributed by atoms with E-state index in [1.165, 1.54) is 11.9 Å². The number of carbonyl (C=O) groups is 1. The third kappa shape index (κ3) is 3.23. The molecular weight excluding hydrogens is 338 g/mol. The summed E-state index contributed by atoms with van der Waals surface area (Å²) in [5, 5.41) is 11.7. The number of fused-ring (bicyclic) bond motifs is 1. The van der Waals surface area contributed by atoms with Gasteiger partial charge in [-0.15, -0.1) is 0 Å². The molecule has 1 aliphatic heterocycles. The zero-order valence-corrected chi connectivity index (χ0v) is 14.8. The van der Waals surface area contributed by atoms with E-state index in [-0.39, 0.29) is 11.9 Å². The van der Waals surface area contributed by atoms with Gasteiger partial charge in [-0.2, -0.15) is 5.26 Å². The molecule has 3 aromatic rings. The molecule has 0 saturated heterocycles. The smallest absolute Gasteiger partial charge is 0.274 e. The summed E-state index contributed by atoms with van der Waals surface area (Å²) >= 11 is 0. The number of para-hydroxylation sites is 1. The fourth-order valence-electron chi connectivity index (χ4n) is 3.34. The summed E-state index contributed by atoms with van der Waals surface area (Å²) in [7, 11) is 0. The fourth-order valence-corrected chi connectivity index (χ4v) is 3.34. The molecule has 6 heteroatoms. The van der Waals surface area contributed by atoms with Crippen LogP contribution in [0.4, 0.5) is 17.2 Å². The highest BCUT2D eigenvalue weighted by atomic mass is 16.1. The van der Waals surface area contributed by atoms with Crippen molar-refractivity contribution in [2.75, 3.05) is 10.2 Å². The predicted octanol–water partition coefficient (Wildman–Crippen LogP) is 3.68. The van der Waals surface area contributed by atoms with Crippen molar-refractivity contribution in [1.29, 1.82) is 5.26 Å². The molecule has 132 valence electrons. The monoisotopic (exact) mass is 355 g/mol. The highest BCUT2D eigenvalue weighted by molar-refractivity contribution is 6.03. The summed E-state index contributed by atoms with van der Waals surface area (Å²) < 4.78 is 0. The number of benzene rings is 2. The maximum absolute atomic E-state index is 12.6. The highest BCUT2D eigenvalue weighted by Gasteiger charge is 2.28. The van der Waals surface area contributed by atoms with Crippen molar-refractivity contribution in [1.82, 2.24) is 9.97 Å². The van der Waals surface area contributed by atoms with E-state index >= 15 is 0 Å². The lowest BCUT2D eigenvalue weighted by Gasteiger charge is -2.23. The lowest BCUT2D eigenvalue weighted by molar-refractivity contribution is 0.102. The normalized spacial score (nSPS) is 15.1. The molecule has 6 nitrogen and oxygen atoms in total. The number of nitrogens with one attached hydrogen (secondary N) is 1. The number of rotatable bonds is 3. The number of aromatic nitrogens is 2. The third-order valence-electron chi connectivity index (χ3n) is 4.61. The minimum atomic E-state index is -0.316. The third-order valence-corrected chi connectivity index (χ3v) is 4.61. The van der Waals surface area contributed by atoms with E-state index in [2.05, 4.69) is 45.3 Å². The Morgan fingerprint density at radius 1 is 1.19 bits per heavy atom. The maximum atomic E-state index is 12.6. The van der Waals surface area contributed by atoms with Crippen molar-refractivity contribution >= 4 is 23.1 Å². The molecule has 4 rings (SSSR count). The first kappa shape index (κ1) is 16.7. The van der Waals surface area contributed by atoms with Gasteiger partial charge in [-0.1, -0.05) is 18.2 Å². The fraction of sp³-hybridized carbons (Fsp3) is 0.143. The molecule has 1 aliphatic rings. The van der Waals surface area contributed by atoms with Crippen LogP contribution in [0.25, 0.3) is 0 Å². The van der Waals surface area contributed by atoms with E-state index in [1.807, 2.05) is 12.1 Å². The number of hydrogen-bond acceptors (Lipinski definition) is 5. The van der Waals surface area contributed by atoms with Crippen LogP contribution in [0.3, 0.4) is 0 Å². The summed E-state index contributed by atoms with van der Waals surface area (Å²) in [6.45, 7) is 2.14. The molecule has 0 saturated carbocycles. The Bertz CT molecular complexity index is 1040. The van der Waals surface area contributed by atoms with E-state index in [0.717, 1.165) is 12.1 Å². The Labute approximate surface area is 157 Å². The van der Waals surface area contributed by atoms with Crippen molar-refractivity contribution in [3.63, 3.8) is 0 Å². The zero-order valence-electron chi connectivity index (χ0n) is 14.8. The molecule has 2 heterocycles. The summed E-state index contributed by atoms with van der Waals surface area (Å²) in [6, 6.07) is 18.9. The van der Waals surface area contributed by atoms with Gasteiger partial charge in [0.1, 0.15) is 17.8 Å². The van der Waals surface area contributed by atoms with Crippen molar-refractivity contribution in [2.24, 2.45) is 0 Å². The number of anilines is 3. The van der Waals surface area contributed by atoms with Crippen molar-refractivity contribution < 1.29 is 4.79 Å². The molecule has 0 fully saturated rings. The molecule has 0 bridgehead atoms. The first-order valence-electron chi connectivity index (χ1n) is 8.66. The van der Waals surface area contributed by atoms with Gasteiger partial charge in [-0.05, 0) is 49.2 Å². The molecule has 2 aromatic carbocycles. The van der Waals surface area contributed by atoms with E-state index in [9.17, 15) is 4.79 Å². The van der Waals surface area contributed by atoms with Crippen LogP contribution in [0.15, 0.2) is 60.9 Å². The molecule has 0 radical (unpaired) electrons. The largest absolute Gasteiger partial charge is 0.323 e. The molecule has 1 N–H and O–H groups in total. The quantitative estimate of drug-likeness (QED) is 0.775.